The Hall–Kier alpha value is -2.48. The van der Waals surface area contributed by atoms with E-state index in [-0.39, 0.29) is 23.7 Å². The first kappa shape index (κ1) is 20.8. The van der Waals surface area contributed by atoms with Gasteiger partial charge in [-0.25, -0.2) is 0 Å². The van der Waals surface area contributed by atoms with E-state index in [2.05, 4.69) is 20.8 Å². The summed E-state index contributed by atoms with van der Waals surface area (Å²) in [6.45, 7) is 7.71. The molecule has 0 radical (unpaired) electrons. The van der Waals surface area contributed by atoms with Crippen LogP contribution in [0.3, 0.4) is 0 Å². The number of benzene rings is 1. The van der Waals surface area contributed by atoms with Crippen LogP contribution in [0.4, 0.5) is 5.13 Å². The van der Waals surface area contributed by atoms with Crippen LogP contribution in [0.1, 0.15) is 34.1 Å². The summed E-state index contributed by atoms with van der Waals surface area (Å²) >= 11 is 1.28. The molecule has 1 heterocycles. The molecule has 0 saturated heterocycles. The first-order chi connectivity index (χ1) is 12.8. The van der Waals surface area contributed by atoms with Gasteiger partial charge in [-0.3, -0.25) is 14.9 Å². The number of hydrogen-bond donors (Lipinski definition) is 2. The van der Waals surface area contributed by atoms with Crippen LogP contribution in [-0.4, -0.2) is 35.2 Å². The van der Waals surface area contributed by atoms with Crippen LogP contribution in [-0.2, 0) is 9.59 Å². The first-order valence-corrected chi connectivity index (χ1v) is 9.70. The molecule has 0 aliphatic heterocycles. The number of carbonyl (C=O) groups excluding carboxylic acids is 2. The summed E-state index contributed by atoms with van der Waals surface area (Å²) in [5.41, 5.74) is 0.888. The van der Waals surface area contributed by atoms with Crippen molar-refractivity contribution in [2.75, 3.05) is 12.4 Å². The predicted octanol–water partition coefficient (Wildman–Crippen LogP) is 3.34. The van der Waals surface area contributed by atoms with Gasteiger partial charge in [-0.2, -0.15) is 0 Å². The van der Waals surface area contributed by atoms with Crippen molar-refractivity contribution in [1.82, 2.24) is 15.5 Å². The van der Waals surface area contributed by atoms with Gasteiger partial charge < -0.3 is 10.1 Å². The number of nitrogens with one attached hydrogen (secondary N) is 2. The molecular formula is C19H26N4O3S. The van der Waals surface area contributed by atoms with Gasteiger partial charge in [-0.05, 0) is 36.1 Å². The Labute approximate surface area is 163 Å². The van der Waals surface area contributed by atoms with Crippen molar-refractivity contribution < 1.29 is 14.3 Å². The molecule has 1 unspecified atom stereocenters. The average molecular weight is 391 g/mol. The fourth-order valence-corrected chi connectivity index (χ4v) is 3.20. The van der Waals surface area contributed by atoms with E-state index < -0.39 is 6.04 Å². The van der Waals surface area contributed by atoms with Crippen LogP contribution in [0.25, 0.3) is 10.6 Å². The lowest BCUT2D eigenvalue weighted by Crippen LogP contribution is -2.47. The number of hydrogen-bond acceptors (Lipinski definition) is 6. The zero-order valence-electron chi connectivity index (χ0n) is 16.3. The van der Waals surface area contributed by atoms with E-state index in [1.54, 1.807) is 7.11 Å². The summed E-state index contributed by atoms with van der Waals surface area (Å²) in [4.78, 5) is 24.6. The van der Waals surface area contributed by atoms with Gasteiger partial charge >= 0.3 is 0 Å². The molecule has 2 amide bonds. The van der Waals surface area contributed by atoms with Gasteiger partial charge in [0.1, 0.15) is 16.8 Å². The number of rotatable bonds is 8. The molecule has 1 aromatic carbocycles. The van der Waals surface area contributed by atoms with Crippen LogP contribution in [0.5, 0.6) is 5.75 Å². The number of carbonyl (C=O) groups is 2. The minimum absolute atomic E-state index is 0.0462. The highest BCUT2D eigenvalue weighted by Gasteiger charge is 2.25. The predicted molar refractivity (Wildman–Crippen MR) is 107 cm³/mol. The van der Waals surface area contributed by atoms with Crippen molar-refractivity contribution in [3.63, 3.8) is 0 Å². The summed E-state index contributed by atoms with van der Waals surface area (Å²) < 4.78 is 5.14. The Balaban J connectivity index is 2.04. The highest BCUT2D eigenvalue weighted by molar-refractivity contribution is 7.18. The molecule has 7 nitrogen and oxygen atoms in total. The molecule has 2 N–H and O–H groups in total. The van der Waals surface area contributed by atoms with E-state index in [4.69, 9.17) is 4.74 Å². The van der Waals surface area contributed by atoms with Gasteiger partial charge in [0.15, 0.2) is 0 Å². The van der Waals surface area contributed by atoms with Gasteiger partial charge in [-0.15, -0.1) is 10.2 Å². The molecule has 2 aromatic rings. The lowest BCUT2D eigenvalue weighted by molar-refractivity contribution is -0.127. The Morgan fingerprint density at radius 3 is 2.33 bits per heavy atom. The number of methoxy groups -OCH3 is 1. The van der Waals surface area contributed by atoms with Crippen LogP contribution < -0.4 is 15.4 Å². The number of nitrogens with zero attached hydrogens (tertiary/aromatic N) is 2. The van der Waals surface area contributed by atoms with Crippen molar-refractivity contribution in [3.8, 4) is 16.3 Å². The van der Waals surface area contributed by atoms with E-state index in [0.717, 1.165) is 11.3 Å². The van der Waals surface area contributed by atoms with E-state index >= 15 is 0 Å². The van der Waals surface area contributed by atoms with E-state index in [1.165, 1.54) is 11.3 Å². The van der Waals surface area contributed by atoms with Crippen molar-refractivity contribution in [1.29, 1.82) is 0 Å². The highest BCUT2D eigenvalue weighted by Crippen LogP contribution is 2.28. The monoisotopic (exact) mass is 390 g/mol. The largest absolute Gasteiger partial charge is 0.497 e. The maximum atomic E-state index is 12.6. The molecule has 0 spiro atoms. The lowest BCUT2D eigenvalue weighted by atomic mass is 10.0. The molecule has 0 bridgehead atoms. The van der Waals surface area contributed by atoms with Gasteiger partial charge in [0.05, 0.1) is 7.11 Å². The van der Waals surface area contributed by atoms with Gasteiger partial charge in [0.25, 0.3) is 0 Å². The van der Waals surface area contributed by atoms with Gasteiger partial charge in [0.2, 0.25) is 16.9 Å². The first-order valence-electron chi connectivity index (χ1n) is 8.88. The molecule has 1 atom stereocenters. The van der Waals surface area contributed by atoms with Crippen LogP contribution in [0.15, 0.2) is 24.3 Å². The third kappa shape index (κ3) is 6.02. The number of anilines is 1. The Bertz CT molecular complexity index is 772. The fraction of sp³-hybridized carbons (Fsp3) is 0.474. The molecule has 27 heavy (non-hydrogen) atoms. The topological polar surface area (TPSA) is 93.2 Å². The smallest absolute Gasteiger partial charge is 0.249 e. The zero-order chi connectivity index (χ0) is 20.0. The summed E-state index contributed by atoms with van der Waals surface area (Å²) in [5.74, 6) is 0.523. The Kier molecular flexibility index (Phi) is 7.29. The summed E-state index contributed by atoms with van der Waals surface area (Å²) in [7, 11) is 1.61. The third-order valence-corrected chi connectivity index (χ3v) is 4.74. The maximum absolute atomic E-state index is 12.6. The summed E-state index contributed by atoms with van der Waals surface area (Å²) in [5, 5.41) is 14.8. The molecule has 0 aliphatic rings. The second kappa shape index (κ2) is 9.45. The zero-order valence-corrected chi connectivity index (χ0v) is 17.1. The second-order valence-electron chi connectivity index (χ2n) is 7.02. The number of aromatic nitrogens is 2. The Morgan fingerprint density at radius 1 is 1.11 bits per heavy atom. The molecular weight excluding hydrogens is 364 g/mol. The highest BCUT2D eigenvalue weighted by atomic mass is 32.1. The van der Waals surface area contributed by atoms with Crippen molar-refractivity contribution in [3.05, 3.63) is 24.3 Å². The van der Waals surface area contributed by atoms with Gasteiger partial charge in [0, 0.05) is 12.0 Å². The minimum atomic E-state index is -0.621. The quantitative estimate of drug-likeness (QED) is 0.721. The molecule has 1 aromatic heterocycles. The van der Waals surface area contributed by atoms with E-state index in [1.807, 2.05) is 52.0 Å². The summed E-state index contributed by atoms with van der Waals surface area (Å²) in [6.07, 6.45) is 0.386. The molecule has 146 valence electrons. The second-order valence-corrected chi connectivity index (χ2v) is 7.99. The van der Waals surface area contributed by atoms with Gasteiger partial charge in [-0.1, -0.05) is 39.0 Å². The van der Waals surface area contributed by atoms with Crippen LogP contribution in [0, 0.1) is 11.8 Å². The molecule has 0 aliphatic carbocycles. The standard InChI is InChI=1S/C19H26N4O3S/c1-11(2)10-15(24)20-16(12(3)4)17(25)21-19-23-22-18(27-19)13-6-8-14(26-5)9-7-13/h6-9,11-12,16H,10H2,1-5H3,(H,20,24)(H,21,23,25). The van der Waals surface area contributed by atoms with E-state index in [9.17, 15) is 9.59 Å². The Morgan fingerprint density at radius 2 is 1.78 bits per heavy atom. The van der Waals surface area contributed by atoms with Crippen molar-refractivity contribution in [2.24, 2.45) is 11.8 Å². The normalized spacial score (nSPS) is 12.1. The lowest BCUT2D eigenvalue weighted by Gasteiger charge is -2.21. The fourth-order valence-electron chi connectivity index (χ4n) is 2.45. The number of ether oxygens (including phenoxy) is 1. The minimum Gasteiger partial charge on any atom is -0.497 e. The van der Waals surface area contributed by atoms with E-state index in [0.29, 0.717) is 16.6 Å². The van der Waals surface area contributed by atoms with Crippen LogP contribution in [0.2, 0.25) is 0 Å². The van der Waals surface area contributed by atoms with Crippen molar-refractivity contribution in [2.45, 2.75) is 40.2 Å². The molecule has 0 saturated carbocycles. The maximum Gasteiger partial charge on any atom is 0.249 e. The average Bonchev–Trinajstić information content (AvgIpc) is 3.07. The SMILES string of the molecule is COc1ccc(-c2nnc(NC(=O)C(NC(=O)CC(C)C)C(C)C)s2)cc1. The van der Waals surface area contributed by atoms with Crippen LogP contribution >= 0.6 is 11.3 Å². The molecule has 8 heteroatoms. The number of amides is 2. The van der Waals surface area contributed by atoms with Crippen molar-refractivity contribution >= 4 is 28.3 Å². The molecule has 0 fully saturated rings. The third-order valence-electron chi connectivity index (χ3n) is 3.85. The molecule has 2 rings (SSSR count). The summed E-state index contributed by atoms with van der Waals surface area (Å²) in [6, 6.07) is 6.83.